The van der Waals surface area contributed by atoms with E-state index in [-0.39, 0.29) is 0 Å². The van der Waals surface area contributed by atoms with E-state index in [0.717, 1.165) is 12.8 Å². The highest BCUT2D eigenvalue weighted by Crippen LogP contribution is 1.82. The molecule has 0 spiro atoms. The summed E-state index contributed by atoms with van der Waals surface area (Å²) in [6.07, 6.45) is 8.28. The third-order valence-corrected chi connectivity index (χ3v) is 0.992. The van der Waals surface area contributed by atoms with Gasteiger partial charge in [-0.1, -0.05) is 30.6 Å². The lowest BCUT2D eigenvalue weighted by atomic mass is 10.3. The van der Waals surface area contributed by atoms with Crippen molar-refractivity contribution in [3.8, 4) is 36.0 Å². The summed E-state index contributed by atoms with van der Waals surface area (Å²) >= 11 is 0. The molecule has 11 heavy (non-hydrogen) atoms. The Hall–Kier alpha value is -1.32. The molecule has 0 bridgehead atoms. The summed E-state index contributed by atoms with van der Waals surface area (Å²) in [5.74, 6) is 14.1. The first-order chi connectivity index (χ1) is 5.41. The maximum atomic E-state index is 5.00. The summed E-state index contributed by atoms with van der Waals surface area (Å²) in [6, 6.07) is 0. The zero-order valence-corrected chi connectivity index (χ0v) is 6.91. The van der Waals surface area contributed by atoms with E-state index in [1.54, 1.807) is 0 Å². The molecule has 0 aromatic carbocycles. The molecule has 0 aliphatic heterocycles. The first-order valence-corrected chi connectivity index (χ1v) is 3.76. The van der Waals surface area contributed by atoms with Crippen LogP contribution in [0.15, 0.2) is 0 Å². The zero-order chi connectivity index (χ0) is 8.36. The monoisotopic (exact) mass is 144 g/mol. The first kappa shape index (κ1) is 9.68. The van der Waals surface area contributed by atoms with E-state index < -0.39 is 0 Å². The quantitative estimate of drug-likeness (QED) is 0.495. The summed E-state index contributed by atoms with van der Waals surface area (Å²) in [6.45, 7) is 2.11. The van der Waals surface area contributed by atoms with Crippen molar-refractivity contribution in [2.45, 2.75) is 32.6 Å². The van der Waals surface area contributed by atoms with Gasteiger partial charge in [0.25, 0.3) is 0 Å². The molecule has 0 saturated heterocycles. The average Bonchev–Trinajstić information content (AvgIpc) is 2.03. The number of unbranched alkanes of at least 4 members (excludes halogenated alkanes) is 1. The Kier molecular flexibility index (Phi) is 7.64. The predicted molar refractivity (Wildman–Crippen MR) is 48.5 cm³/mol. The minimum Gasteiger partial charge on any atom is -0.119 e. The highest BCUT2D eigenvalue weighted by Gasteiger charge is 1.69. The Balaban J connectivity index is 3.38. The second kappa shape index (κ2) is 8.68. The third-order valence-electron chi connectivity index (χ3n) is 0.992. The molecule has 0 aliphatic rings. The largest absolute Gasteiger partial charge is 0.119 e. The van der Waals surface area contributed by atoms with Crippen LogP contribution in [0.1, 0.15) is 32.6 Å². The lowest BCUT2D eigenvalue weighted by Gasteiger charge is -1.75. The van der Waals surface area contributed by atoms with Gasteiger partial charge in [0, 0.05) is 6.42 Å². The minimum absolute atomic E-state index is 0.537. The van der Waals surface area contributed by atoms with Crippen LogP contribution in [0, 0.1) is 36.0 Å². The summed E-state index contributed by atoms with van der Waals surface area (Å²) in [5.41, 5.74) is 0. The molecule has 0 heteroatoms. The summed E-state index contributed by atoms with van der Waals surface area (Å²) in [7, 11) is 0. The number of hydrogen-bond donors (Lipinski definition) is 0. The molecule has 0 aromatic rings. The van der Waals surface area contributed by atoms with Crippen LogP contribution in [-0.2, 0) is 0 Å². The van der Waals surface area contributed by atoms with E-state index in [0.29, 0.717) is 12.8 Å². The lowest BCUT2D eigenvalue weighted by molar-refractivity contribution is 0.982. The van der Waals surface area contributed by atoms with E-state index in [1.807, 2.05) is 0 Å². The van der Waals surface area contributed by atoms with Crippen LogP contribution in [0.2, 0.25) is 0 Å². The van der Waals surface area contributed by atoms with E-state index >= 15 is 0 Å². The van der Waals surface area contributed by atoms with Crippen molar-refractivity contribution in [1.82, 2.24) is 0 Å². The van der Waals surface area contributed by atoms with Crippen molar-refractivity contribution in [1.29, 1.82) is 0 Å². The van der Waals surface area contributed by atoms with Gasteiger partial charge in [0.1, 0.15) is 0 Å². The van der Waals surface area contributed by atoms with Gasteiger partial charge in [0.05, 0.1) is 12.8 Å². The van der Waals surface area contributed by atoms with Crippen molar-refractivity contribution >= 4 is 0 Å². The van der Waals surface area contributed by atoms with Gasteiger partial charge in [-0.3, -0.25) is 0 Å². The van der Waals surface area contributed by atoms with Crippen LogP contribution in [0.4, 0.5) is 0 Å². The Bertz CT molecular complexity index is 231. The van der Waals surface area contributed by atoms with Gasteiger partial charge in [-0.15, -0.1) is 12.3 Å². The molecular weight excluding hydrogens is 132 g/mol. The zero-order valence-electron chi connectivity index (χ0n) is 6.91. The molecule has 56 valence electrons. The first-order valence-electron chi connectivity index (χ1n) is 3.76. The van der Waals surface area contributed by atoms with Gasteiger partial charge in [-0.2, -0.15) is 0 Å². The minimum atomic E-state index is 0.537. The fraction of sp³-hybridized carbons (Fsp3) is 0.455. The second-order valence-electron chi connectivity index (χ2n) is 2.01. The average molecular weight is 144 g/mol. The van der Waals surface area contributed by atoms with Crippen molar-refractivity contribution in [2.24, 2.45) is 0 Å². The van der Waals surface area contributed by atoms with E-state index in [2.05, 4.69) is 36.5 Å². The number of rotatable bonds is 1. The summed E-state index contributed by atoms with van der Waals surface area (Å²) < 4.78 is 0. The number of terminal acetylenes is 1. The van der Waals surface area contributed by atoms with Gasteiger partial charge >= 0.3 is 0 Å². The molecular formula is C11H12. The molecule has 0 rings (SSSR count). The molecule has 0 unspecified atom stereocenters. The normalized spacial score (nSPS) is 6.55. The van der Waals surface area contributed by atoms with Gasteiger partial charge < -0.3 is 0 Å². The van der Waals surface area contributed by atoms with Crippen LogP contribution in [0.5, 0.6) is 0 Å². The highest BCUT2D eigenvalue weighted by atomic mass is 13.7. The molecule has 0 atom stereocenters. The summed E-state index contributed by atoms with van der Waals surface area (Å²) in [5, 5.41) is 0. The van der Waals surface area contributed by atoms with Crippen LogP contribution < -0.4 is 0 Å². The van der Waals surface area contributed by atoms with E-state index in [1.165, 1.54) is 0 Å². The van der Waals surface area contributed by atoms with E-state index in [9.17, 15) is 0 Å². The van der Waals surface area contributed by atoms with Crippen LogP contribution in [0.3, 0.4) is 0 Å². The van der Waals surface area contributed by atoms with Crippen molar-refractivity contribution < 1.29 is 0 Å². The Labute approximate surface area is 69.4 Å². The molecule has 0 N–H and O–H groups in total. The lowest BCUT2D eigenvalue weighted by Crippen LogP contribution is -1.64. The highest BCUT2D eigenvalue weighted by molar-refractivity contribution is 5.14. The third kappa shape index (κ3) is 8.68. The van der Waals surface area contributed by atoms with Crippen LogP contribution >= 0.6 is 0 Å². The SMILES string of the molecule is C#CCC#CCC#CCCC. The molecule has 0 aliphatic carbocycles. The molecule has 0 radical (unpaired) electrons. The van der Waals surface area contributed by atoms with Gasteiger partial charge in [0.15, 0.2) is 0 Å². The smallest absolute Gasteiger partial charge is 0.0702 e. The topological polar surface area (TPSA) is 0 Å². The van der Waals surface area contributed by atoms with Gasteiger partial charge in [-0.25, -0.2) is 0 Å². The predicted octanol–water partition coefficient (Wildman–Crippen LogP) is 2.21. The van der Waals surface area contributed by atoms with E-state index in [4.69, 9.17) is 6.42 Å². The van der Waals surface area contributed by atoms with Crippen molar-refractivity contribution in [2.75, 3.05) is 0 Å². The molecule has 0 aromatic heterocycles. The molecule has 0 nitrogen and oxygen atoms in total. The Morgan fingerprint density at radius 1 is 1.00 bits per heavy atom. The fourth-order valence-corrected chi connectivity index (χ4v) is 0.496. The fourth-order valence-electron chi connectivity index (χ4n) is 0.496. The standard InChI is InChI=1S/C11H12/c1-3-5-7-9-11-10-8-6-4-2/h1H,4-6,11H2,2H3. The molecule has 0 heterocycles. The maximum Gasteiger partial charge on any atom is 0.0702 e. The molecule has 0 saturated carbocycles. The maximum absolute atomic E-state index is 5.00. The van der Waals surface area contributed by atoms with Gasteiger partial charge in [-0.05, 0) is 6.42 Å². The number of hydrogen-bond acceptors (Lipinski definition) is 0. The Morgan fingerprint density at radius 3 is 2.27 bits per heavy atom. The molecule has 0 fully saturated rings. The van der Waals surface area contributed by atoms with Gasteiger partial charge in [0.2, 0.25) is 0 Å². The molecule has 0 amide bonds. The van der Waals surface area contributed by atoms with Crippen molar-refractivity contribution in [3.63, 3.8) is 0 Å². The van der Waals surface area contributed by atoms with Crippen LogP contribution in [0.25, 0.3) is 0 Å². The second-order valence-corrected chi connectivity index (χ2v) is 2.01. The Morgan fingerprint density at radius 2 is 1.64 bits per heavy atom. The van der Waals surface area contributed by atoms with Crippen LogP contribution in [-0.4, -0.2) is 0 Å². The summed E-state index contributed by atoms with van der Waals surface area (Å²) in [4.78, 5) is 0. The van der Waals surface area contributed by atoms with Crippen molar-refractivity contribution in [3.05, 3.63) is 0 Å².